The van der Waals surface area contributed by atoms with Crippen LogP contribution >= 0.6 is 0 Å². The number of likely N-dealkylation sites (tertiary alicyclic amines) is 1. The van der Waals surface area contributed by atoms with Gasteiger partial charge in [0.25, 0.3) is 0 Å². The van der Waals surface area contributed by atoms with Crippen molar-refractivity contribution in [1.82, 2.24) is 10.2 Å². The van der Waals surface area contributed by atoms with Gasteiger partial charge in [-0.2, -0.15) is 0 Å². The van der Waals surface area contributed by atoms with Gasteiger partial charge in [0, 0.05) is 13.2 Å². The van der Waals surface area contributed by atoms with E-state index in [0.29, 0.717) is 0 Å². The quantitative estimate of drug-likeness (QED) is 0.666. The van der Waals surface area contributed by atoms with Gasteiger partial charge in [0.2, 0.25) is 0 Å². The van der Waals surface area contributed by atoms with Crippen LogP contribution in [0.1, 0.15) is 32.1 Å². The maximum atomic E-state index is 5.36. The molecule has 94 valence electrons. The van der Waals surface area contributed by atoms with Crippen molar-refractivity contribution in [3.63, 3.8) is 0 Å². The Labute approximate surface area is 99.5 Å². The summed E-state index contributed by atoms with van der Waals surface area (Å²) < 4.78 is 5.36. The highest BCUT2D eigenvalue weighted by atomic mass is 16.5. The molecule has 0 aromatic carbocycles. The molecule has 2 aliphatic heterocycles. The molecule has 0 amide bonds. The van der Waals surface area contributed by atoms with E-state index < -0.39 is 0 Å². The fourth-order valence-corrected chi connectivity index (χ4v) is 2.64. The van der Waals surface area contributed by atoms with Crippen molar-refractivity contribution in [1.29, 1.82) is 0 Å². The van der Waals surface area contributed by atoms with Crippen LogP contribution in [0.4, 0.5) is 0 Å². The molecule has 0 bridgehead atoms. The summed E-state index contributed by atoms with van der Waals surface area (Å²) in [6.07, 6.45) is 6.76. The van der Waals surface area contributed by atoms with Crippen LogP contribution < -0.4 is 5.32 Å². The molecular weight excluding hydrogens is 200 g/mol. The topological polar surface area (TPSA) is 24.5 Å². The van der Waals surface area contributed by atoms with Gasteiger partial charge in [-0.3, -0.25) is 0 Å². The van der Waals surface area contributed by atoms with Crippen molar-refractivity contribution < 1.29 is 4.74 Å². The van der Waals surface area contributed by atoms with Crippen molar-refractivity contribution in [3.8, 4) is 0 Å². The number of rotatable bonds is 7. The van der Waals surface area contributed by atoms with Gasteiger partial charge in [-0.15, -0.1) is 0 Å². The number of ether oxygens (including phenoxy) is 1. The Balaban J connectivity index is 1.37. The maximum Gasteiger partial charge on any atom is 0.0507 e. The van der Waals surface area contributed by atoms with Crippen molar-refractivity contribution in [2.45, 2.75) is 32.1 Å². The van der Waals surface area contributed by atoms with Crippen molar-refractivity contribution in [2.24, 2.45) is 5.92 Å². The van der Waals surface area contributed by atoms with E-state index in [9.17, 15) is 0 Å². The molecule has 3 nitrogen and oxygen atoms in total. The van der Waals surface area contributed by atoms with Crippen LogP contribution in [0.3, 0.4) is 0 Å². The molecule has 2 heterocycles. The van der Waals surface area contributed by atoms with Gasteiger partial charge in [0.15, 0.2) is 0 Å². The van der Waals surface area contributed by atoms with E-state index in [1.165, 1.54) is 58.3 Å². The summed E-state index contributed by atoms with van der Waals surface area (Å²) in [5.74, 6) is 0.776. The van der Waals surface area contributed by atoms with Crippen LogP contribution in [-0.2, 0) is 4.74 Å². The first-order chi connectivity index (χ1) is 7.95. The minimum Gasteiger partial charge on any atom is -0.381 e. The van der Waals surface area contributed by atoms with E-state index in [1.807, 2.05) is 0 Å². The summed E-state index contributed by atoms with van der Waals surface area (Å²) in [5, 5.41) is 3.55. The van der Waals surface area contributed by atoms with Gasteiger partial charge in [0.05, 0.1) is 6.61 Å². The van der Waals surface area contributed by atoms with Gasteiger partial charge in [-0.1, -0.05) is 0 Å². The molecule has 1 N–H and O–H groups in total. The molecular formula is C13H26N2O. The van der Waals surface area contributed by atoms with E-state index >= 15 is 0 Å². The second-order valence-electron chi connectivity index (χ2n) is 5.19. The third-order valence-electron chi connectivity index (χ3n) is 3.73. The Morgan fingerprint density at radius 1 is 1.19 bits per heavy atom. The van der Waals surface area contributed by atoms with E-state index in [2.05, 4.69) is 10.2 Å². The zero-order valence-corrected chi connectivity index (χ0v) is 10.4. The lowest BCUT2D eigenvalue weighted by Crippen LogP contribution is -2.25. The van der Waals surface area contributed by atoms with Crippen LogP contribution in [0.15, 0.2) is 0 Å². The first-order valence-corrected chi connectivity index (χ1v) is 6.96. The lowest BCUT2D eigenvalue weighted by atomic mass is 10.1. The summed E-state index contributed by atoms with van der Waals surface area (Å²) in [5.41, 5.74) is 0. The number of unbranched alkanes of at least 4 members (excludes halogenated alkanes) is 1. The fraction of sp³-hybridized carbons (Fsp3) is 1.00. The second-order valence-corrected chi connectivity index (χ2v) is 5.19. The smallest absolute Gasteiger partial charge is 0.0507 e. The Morgan fingerprint density at radius 3 is 2.81 bits per heavy atom. The predicted molar refractivity (Wildman–Crippen MR) is 66.7 cm³/mol. The van der Waals surface area contributed by atoms with Crippen LogP contribution in [0, 0.1) is 5.92 Å². The van der Waals surface area contributed by atoms with Gasteiger partial charge >= 0.3 is 0 Å². The molecule has 2 fully saturated rings. The molecule has 1 unspecified atom stereocenters. The highest BCUT2D eigenvalue weighted by molar-refractivity contribution is 4.68. The van der Waals surface area contributed by atoms with Crippen molar-refractivity contribution in [2.75, 3.05) is 45.9 Å². The van der Waals surface area contributed by atoms with E-state index in [-0.39, 0.29) is 0 Å². The molecule has 3 heteroatoms. The number of hydrogen-bond acceptors (Lipinski definition) is 3. The largest absolute Gasteiger partial charge is 0.381 e. The zero-order chi connectivity index (χ0) is 11.1. The number of hydrogen-bond donors (Lipinski definition) is 1. The van der Waals surface area contributed by atoms with Crippen LogP contribution in [0.25, 0.3) is 0 Å². The Kier molecular flexibility index (Phi) is 5.59. The molecule has 2 saturated heterocycles. The van der Waals surface area contributed by atoms with Gasteiger partial charge < -0.3 is 15.0 Å². The molecule has 2 aliphatic rings. The summed E-state index contributed by atoms with van der Waals surface area (Å²) in [6.45, 7) is 8.28. The van der Waals surface area contributed by atoms with E-state index in [4.69, 9.17) is 4.74 Å². The van der Waals surface area contributed by atoms with Crippen LogP contribution in [-0.4, -0.2) is 50.8 Å². The minimum absolute atomic E-state index is 0.776. The monoisotopic (exact) mass is 226 g/mol. The number of nitrogens with one attached hydrogen (secondary N) is 1. The zero-order valence-electron chi connectivity index (χ0n) is 10.4. The minimum atomic E-state index is 0.776. The Morgan fingerprint density at radius 2 is 2.06 bits per heavy atom. The molecule has 0 spiro atoms. The average Bonchev–Trinajstić information content (AvgIpc) is 2.96. The third kappa shape index (κ3) is 4.40. The molecule has 1 atom stereocenters. The van der Waals surface area contributed by atoms with Crippen LogP contribution in [0.2, 0.25) is 0 Å². The summed E-state index contributed by atoms with van der Waals surface area (Å²) in [6, 6.07) is 0. The van der Waals surface area contributed by atoms with Crippen molar-refractivity contribution >= 4 is 0 Å². The molecule has 0 aromatic heterocycles. The normalized spacial score (nSPS) is 26.6. The first-order valence-electron chi connectivity index (χ1n) is 6.96. The molecule has 0 saturated carbocycles. The average molecular weight is 226 g/mol. The Hall–Kier alpha value is -0.120. The number of nitrogens with zero attached hydrogens (tertiary/aromatic N) is 1. The highest BCUT2D eigenvalue weighted by Gasteiger charge is 2.14. The summed E-state index contributed by atoms with van der Waals surface area (Å²) in [7, 11) is 0. The molecule has 0 radical (unpaired) electrons. The van der Waals surface area contributed by atoms with Crippen molar-refractivity contribution in [3.05, 3.63) is 0 Å². The third-order valence-corrected chi connectivity index (χ3v) is 3.73. The lowest BCUT2D eigenvalue weighted by Gasteiger charge is -2.14. The molecule has 2 rings (SSSR count). The lowest BCUT2D eigenvalue weighted by molar-refractivity contribution is 0.185. The van der Waals surface area contributed by atoms with Gasteiger partial charge in [0.1, 0.15) is 0 Å². The summed E-state index contributed by atoms with van der Waals surface area (Å²) in [4.78, 5) is 2.60. The van der Waals surface area contributed by atoms with E-state index in [0.717, 1.165) is 25.7 Å². The molecule has 0 aliphatic carbocycles. The van der Waals surface area contributed by atoms with Crippen LogP contribution in [0.5, 0.6) is 0 Å². The highest BCUT2D eigenvalue weighted by Crippen LogP contribution is 2.10. The van der Waals surface area contributed by atoms with Gasteiger partial charge in [-0.05, 0) is 64.2 Å². The standard InChI is InChI=1S/C13H26N2O/c1(2-7-15-8-3-4-9-15)6-14-11-13-5-10-16-12-13/h13-14H,1-12H2. The maximum absolute atomic E-state index is 5.36. The predicted octanol–water partition coefficient (Wildman–Crippen LogP) is 1.49. The molecule has 16 heavy (non-hydrogen) atoms. The molecule has 0 aromatic rings. The van der Waals surface area contributed by atoms with Gasteiger partial charge in [-0.25, -0.2) is 0 Å². The SMILES string of the molecule is C(CCN1CCCC1)CNCC1CCOC1. The van der Waals surface area contributed by atoms with E-state index in [1.54, 1.807) is 0 Å². The Bertz CT molecular complexity index is 155. The summed E-state index contributed by atoms with van der Waals surface area (Å²) >= 11 is 0. The second kappa shape index (κ2) is 7.25. The first kappa shape index (κ1) is 12.3. The fourth-order valence-electron chi connectivity index (χ4n) is 2.64.